The largest absolute Gasteiger partial charge is 0.490 e. The van der Waals surface area contributed by atoms with Crippen LogP contribution >= 0.6 is 11.3 Å². The standard InChI is InChI=1S/C18H16N4O3S/c1-12-3-6-14(7-4-12)15-11-26-18(20-15)21-19-10-13-5-8-17(25-2)16(9-13)22(23)24/h3-11H,1-2H3,(H,20,21)/b19-10-. The molecular formula is C18H16N4O3S. The van der Waals surface area contributed by atoms with E-state index in [2.05, 4.69) is 15.5 Å². The minimum atomic E-state index is -0.488. The lowest BCUT2D eigenvalue weighted by Crippen LogP contribution is -1.96. The Balaban J connectivity index is 1.70. The first-order chi connectivity index (χ1) is 12.6. The van der Waals surface area contributed by atoms with Crippen molar-refractivity contribution in [2.45, 2.75) is 6.92 Å². The zero-order valence-electron chi connectivity index (χ0n) is 14.2. The molecule has 1 aromatic heterocycles. The van der Waals surface area contributed by atoms with E-state index in [1.165, 1.54) is 36.3 Å². The van der Waals surface area contributed by atoms with Gasteiger partial charge in [-0.15, -0.1) is 11.3 Å². The molecule has 7 nitrogen and oxygen atoms in total. The van der Waals surface area contributed by atoms with E-state index >= 15 is 0 Å². The maximum atomic E-state index is 11.0. The van der Waals surface area contributed by atoms with Gasteiger partial charge in [-0.25, -0.2) is 4.98 Å². The second-order valence-electron chi connectivity index (χ2n) is 5.46. The maximum Gasteiger partial charge on any atom is 0.311 e. The van der Waals surface area contributed by atoms with Crippen molar-refractivity contribution < 1.29 is 9.66 Å². The molecule has 0 spiro atoms. The molecule has 3 aromatic rings. The first-order valence-corrected chi connectivity index (χ1v) is 8.59. The normalized spacial score (nSPS) is 10.8. The maximum absolute atomic E-state index is 11.0. The average Bonchev–Trinajstić information content (AvgIpc) is 3.11. The number of benzene rings is 2. The second kappa shape index (κ2) is 7.75. The Labute approximate surface area is 154 Å². The van der Waals surface area contributed by atoms with E-state index in [0.29, 0.717) is 10.7 Å². The molecule has 132 valence electrons. The van der Waals surface area contributed by atoms with Crippen molar-refractivity contribution in [1.29, 1.82) is 0 Å². The van der Waals surface area contributed by atoms with Crippen LogP contribution in [0.2, 0.25) is 0 Å². The summed E-state index contributed by atoms with van der Waals surface area (Å²) in [6.07, 6.45) is 1.50. The van der Waals surface area contributed by atoms with Gasteiger partial charge in [-0.3, -0.25) is 15.5 Å². The lowest BCUT2D eigenvalue weighted by Gasteiger charge is -2.01. The SMILES string of the molecule is COc1ccc(/C=N\Nc2nc(-c3ccc(C)cc3)cs2)cc1[N+](=O)[O-]. The predicted molar refractivity (Wildman–Crippen MR) is 103 cm³/mol. The Morgan fingerprint density at radius 3 is 2.73 bits per heavy atom. The predicted octanol–water partition coefficient (Wildman–Crippen LogP) is 4.48. The van der Waals surface area contributed by atoms with Gasteiger partial charge in [0.25, 0.3) is 0 Å². The molecule has 0 fully saturated rings. The Kier molecular flexibility index (Phi) is 5.23. The van der Waals surface area contributed by atoms with E-state index in [0.717, 1.165) is 11.3 Å². The molecule has 2 aromatic carbocycles. The van der Waals surface area contributed by atoms with Crippen molar-refractivity contribution in [2.75, 3.05) is 12.5 Å². The van der Waals surface area contributed by atoms with Crippen LogP contribution in [0.25, 0.3) is 11.3 Å². The van der Waals surface area contributed by atoms with Gasteiger partial charge in [0, 0.05) is 22.6 Å². The zero-order chi connectivity index (χ0) is 18.5. The van der Waals surface area contributed by atoms with Gasteiger partial charge in [-0.05, 0) is 19.1 Å². The molecule has 0 unspecified atom stereocenters. The van der Waals surface area contributed by atoms with Gasteiger partial charge < -0.3 is 4.74 Å². The topological polar surface area (TPSA) is 89.7 Å². The van der Waals surface area contributed by atoms with E-state index in [4.69, 9.17) is 4.74 Å². The summed E-state index contributed by atoms with van der Waals surface area (Å²) in [6, 6.07) is 12.8. The van der Waals surface area contributed by atoms with Crippen molar-refractivity contribution in [1.82, 2.24) is 4.98 Å². The Morgan fingerprint density at radius 2 is 2.04 bits per heavy atom. The fraction of sp³-hybridized carbons (Fsp3) is 0.111. The highest BCUT2D eigenvalue weighted by molar-refractivity contribution is 7.14. The van der Waals surface area contributed by atoms with Gasteiger partial charge in [0.05, 0.1) is 23.9 Å². The number of rotatable bonds is 6. The number of methoxy groups -OCH3 is 1. The van der Waals surface area contributed by atoms with Gasteiger partial charge in [0.1, 0.15) is 0 Å². The molecule has 8 heteroatoms. The van der Waals surface area contributed by atoms with Crippen molar-refractivity contribution in [3.8, 4) is 17.0 Å². The second-order valence-corrected chi connectivity index (χ2v) is 6.32. The number of aryl methyl sites for hydroxylation is 1. The molecule has 1 heterocycles. The molecule has 1 N–H and O–H groups in total. The van der Waals surface area contributed by atoms with E-state index in [1.807, 2.05) is 36.6 Å². The van der Waals surface area contributed by atoms with Gasteiger partial charge in [-0.1, -0.05) is 29.8 Å². The van der Waals surface area contributed by atoms with Crippen molar-refractivity contribution in [3.63, 3.8) is 0 Å². The number of thiazole rings is 1. The number of hydrazone groups is 1. The van der Waals surface area contributed by atoms with Gasteiger partial charge >= 0.3 is 5.69 Å². The van der Waals surface area contributed by atoms with Crippen molar-refractivity contribution >= 4 is 28.4 Å². The number of nitrogens with zero attached hydrogens (tertiary/aromatic N) is 3. The van der Waals surface area contributed by atoms with Gasteiger partial charge in [-0.2, -0.15) is 5.10 Å². The summed E-state index contributed by atoms with van der Waals surface area (Å²) < 4.78 is 4.98. The van der Waals surface area contributed by atoms with E-state index < -0.39 is 4.92 Å². The smallest absolute Gasteiger partial charge is 0.311 e. The summed E-state index contributed by atoms with van der Waals surface area (Å²) in [6.45, 7) is 2.04. The molecule has 0 aliphatic carbocycles. The number of aromatic nitrogens is 1. The first kappa shape index (κ1) is 17.6. The molecule has 0 aliphatic rings. The van der Waals surface area contributed by atoms with Crippen LogP contribution in [0.4, 0.5) is 10.8 Å². The van der Waals surface area contributed by atoms with Gasteiger partial charge in [0.2, 0.25) is 5.13 Å². The third kappa shape index (κ3) is 4.04. The van der Waals surface area contributed by atoms with Crippen LogP contribution in [0, 0.1) is 17.0 Å². The Hall–Kier alpha value is -3.26. The van der Waals surface area contributed by atoms with Crippen LogP contribution in [0.3, 0.4) is 0 Å². The molecule has 0 saturated heterocycles. The quantitative estimate of drug-likeness (QED) is 0.393. The van der Waals surface area contributed by atoms with E-state index in [1.54, 1.807) is 12.1 Å². The molecule has 0 bridgehead atoms. The van der Waals surface area contributed by atoms with Crippen LogP contribution in [0.5, 0.6) is 5.75 Å². The molecule has 0 radical (unpaired) electrons. The monoisotopic (exact) mass is 368 g/mol. The van der Waals surface area contributed by atoms with E-state index in [-0.39, 0.29) is 11.4 Å². The summed E-state index contributed by atoms with van der Waals surface area (Å²) in [5.74, 6) is 0.211. The fourth-order valence-corrected chi connectivity index (χ4v) is 2.94. The molecule has 0 aliphatic heterocycles. The van der Waals surface area contributed by atoms with Crippen LogP contribution in [0.15, 0.2) is 52.9 Å². The third-order valence-corrected chi connectivity index (χ3v) is 4.37. The zero-order valence-corrected chi connectivity index (χ0v) is 15.0. The molecule has 0 saturated carbocycles. The van der Waals surface area contributed by atoms with E-state index in [9.17, 15) is 10.1 Å². The number of nitro benzene ring substituents is 1. The third-order valence-electron chi connectivity index (χ3n) is 3.62. The average molecular weight is 368 g/mol. The Morgan fingerprint density at radius 1 is 1.27 bits per heavy atom. The van der Waals surface area contributed by atoms with Crippen LogP contribution < -0.4 is 10.2 Å². The number of anilines is 1. The fourth-order valence-electron chi connectivity index (χ4n) is 2.27. The highest BCUT2D eigenvalue weighted by Gasteiger charge is 2.14. The number of ether oxygens (including phenoxy) is 1. The summed E-state index contributed by atoms with van der Waals surface area (Å²) in [4.78, 5) is 15.0. The minimum absolute atomic E-state index is 0.104. The molecule has 26 heavy (non-hydrogen) atoms. The summed E-state index contributed by atoms with van der Waals surface area (Å²) in [5.41, 5.74) is 6.43. The van der Waals surface area contributed by atoms with Crippen LogP contribution in [-0.4, -0.2) is 23.2 Å². The molecule has 0 amide bonds. The number of nitrogens with one attached hydrogen (secondary N) is 1. The summed E-state index contributed by atoms with van der Waals surface area (Å²) in [7, 11) is 1.39. The summed E-state index contributed by atoms with van der Waals surface area (Å²) >= 11 is 1.43. The number of hydrogen-bond acceptors (Lipinski definition) is 7. The lowest BCUT2D eigenvalue weighted by molar-refractivity contribution is -0.385. The van der Waals surface area contributed by atoms with Crippen molar-refractivity contribution in [3.05, 3.63) is 69.1 Å². The summed E-state index contributed by atoms with van der Waals surface area (Å²) in [5, 5.41) is 17.7. The molecule has 3 rings (SSSR count). The highest BCUT2D eigenvalue weighted by Crippen LogP contribution is 2.27. The number of hydrogen-bond donors (Lipinski definition) is 1. The van der Waals surface area contributed by atoms with Crippen LogP contribution in [-0.2, 0) is 0 Å². The van der Waals surface area contributed by atoms with Gasteiger partial charge in [0.15, 0.2) is 5.75 Å². The minimum Gasteiger partial charge on any atom is -0.490 e. The van der Waals surface area contributed by atoms with Crippen molar-refractivity contribution in [2.24, 2.45) is 5.10 Å². The van der Waals surface area contributed by atoms with Crippen LogP contribution in [0.1, 0.15) is 11.1 Å². The first-order valence-electron chi connectivity index (χ1n) is 7.71. The Bertz CT molecular complexity index is 951. The lowest BCUT2D eigenvalue weighted by atomic mass is 10.1. The number of nitro groups is 1. The molecule has 0 atom stereocenters. The highest BCUT2D eigenvalue weighted by atomic mass is 32.1. The molecular weight excluding hydrogens is 352 g/mol.